The van der Waals surface area contributed by atoms with Crippen LogP contribution in [-0.4, -0.2) is 116 Å². The molecular formula is C34H66O12. The zero-order valence-corrected chi connectivity index (χ0v) is 28.9. The summed E-state index contributed by atoms with van der Waals surface area (Å²) >= 11 is 0. The van der Waals surface area contributed by atoms with E-state index in [1.54, 1.807) is 0 Å². The molecule has 0 saturated carbocycles. The molecule has 0 aromatic heterocycles. The molecule has 0 aromatic carbocycles. The smallest absolute Gasteiger partial charge is 0.342 e. The number of aliphatic carboxylic acids is 1. The van der Waals surface area contributed by atoms with Crippen molar-refractivity contribution in [1.82, 2.24) is 0 Å². The maximum atomic E-state index is 11.4. The van der Waals surface area contributed by atoms with E-state index in [4.69, 9.17) is 43.2 Å². The van der Waals surface area contributed by atoms with Crippen molar-refractivity contribution < 1.29 is 57.6 Å². The van der Waals surface area contributed by atoms with E-state index in [1.165, 1.54) is 70.6 Å². The van der Waals surface area contributed by atoms with Crippen molar-refractivity contribution in [3.8, 4) is 0 Å². The summed E-state index contributed by atoms with van der Waals surface area (Å²) in [5.74, 6) is -1.40. The number of rotatable bonds is 40. The molecule has 0 rings (SSSR count). The Morgan fingerprint density at radius 3 is 1.11 bits per heavy atom. The van der Waals surface area contributed by atoms with Gasteiger partial charge in [-0.15, -0.1) is 0 Å². The lowest BCUT2D eigenvalue weighted by atomic mass is 10.1. The van der Waals surface area contributed by atoms with Crippen LogP contribution in [0.3, 0.4) is 0 Å². The number of hydrogen-bond donors (Lipinski definition) is 1. The van der Waals surface area contributed by atoms with Crippen LogP contribution in [0, 0.1) is 0 Å². The standard InChI is InChI=1S/C34H66O12/c1-2-3-4-5-6-7-8-9-10-11-12-15-18-38-19-20-39-21-22-40-23-24-41-25-26-42-27-28-43-29-30-44-31-32-45-46-34(37)17-14-13-16-33(35)36/h2-32H2,1H3,(H,35,36). The van der Waals surface area contributed by atoms with E-state index in [0.717, 1.165) is 13.0 Å². The Morgan fingerprint density at radius 1 is 0.391 bits per heavy atom. The maximum absolute atomic E-state index is 11.4. The fourth-order valence-corrected chi connectivity index (χ4v) is 4.25. The molecule has 12 nitrogen and oxygen atoms in total. The van der Waals surface area contributed by atoms with Gasteiger partial charge < -0.3 is 38.3 Å². The van der Waals surface area contributed by atoms with Crippen molar-refractivity contribution in [2.75, 3.05) is 99.1 Å². The van der Waals surface area contributed by atoms with Crippen molar-refractivity contribution in [1.29, 1.82) is 0 Å². The average Bonchev–Trinajstić information content (AvgIpc) is 3.05. The summed E-state index contributed by atoms with van der Waals surface area (Å²) in [6, 6.07) is 0. The number of carbonyl (C=O) groups is 2. The molecular weight excluding hydrogens is 600 g/mol. The van der Waals surface area contributed by atoms with Crippen molar-refractivity contribution in [3.05, 3.63) is 0 Å². The minimum absolute atomic E-state index is 0.0361. The summed E-state index contributed by atoms with van der Waals surface area (Å²) in [5, 5.41) is 8.53. The second-order valence-electron chi connectivity index (χ2n) is 11.1. The number of ether oxygens (including phenoxy) is 7. The summed E-state index contributed by atoms with van der Waals surface area (Å²) < 4.78 is 38.3. The first-order chi connectivity index (χ1) is 22.7. The van der Waals surface area contributed by atoms with Gasteiger partial charge in [0.25, 0.3) is 0 Å². The summed E-state index contributed by atoms with van der Waals surface area (Å²) in [6.45, 7) is 9.50. The molecule has 0 aliphatic rings. The van der Waals surface area contributed by atoms with Crippen LogP contribution in [0.2, 0.25) is 0 Å². The summed E-state index contributed by atoms with van der Waals surface area (Å²) in [7, 11) is 0. The average molecular weight is 667 g/mol. The van der Waals surface area contributed by atoms with E-state index in [-0.39, 0.29) is 26.1 Å². The van der Waals surface area contributed by atoms with Gasteiger partial charge in [-0.1, -0.05) is 77.6 Å². The third-order valence-electron chi connectivity index (χ3n) is 6.86. The second kappa shape index (κ2) is 39.8. The van der Waals surface area contributed by atoms with Crippen LogP contribution in [0.5, 0.6) is 0 Å². The molecule has 0 spiro atoms. The third kappa shape index (κ3) is 40.6. The van der Waals surface area contributed by atoms with Gasteiger partial charge in [0.1, 0.15) is 6.61 Å². The first-order valence-corrected chi connectivity index (χ1v) is 17.7. The van der Waals surface area contributed by atoms with E-state index >= 15 is 0 Å². The van der Waals surface area contributed by atoms with Gasteiger partial charge in [-0.3, -0.25) is 9.68 Å². The zero-order valence-electron chi connectivity index (χ0n) is 28.9. The Labute approximate surface area is 278 Å². The van der Waals surface area contributed by atoms with Crippen LogP contribution in [0.4, 0.5) is 0 Å². The van der Waals surface area contributed by atoms with Crippen molar-refractivity contribution in [3.63, 3.8) is 0 Å². The molecule has 0 aliphatic heterocycles. The number of unbranched alkanes of at least 4 members (excludes halogenated alkanes) is 12. The molecule has 274 valence electrons. The van der Waals surface area contributed by atoms with E-state index in [1.807, 2.05) is 0 Å². The Bertz CT molecular complexity index is 623. The van der Waals surface area contributed by atoms with Crippen molar-refractivity contribution in [2.24, 2.45) is 0 Å². The molecule has 1 N–H and O–H groups in total. The van der Waals surface area contributed by atoms with Crippen LogP contribution in [0.1, 0.15) is 110 Å². The normalized spacial score (nSPS) is 11.3. The molecule has 0 atom stereocenters. The second-order valence-corrected chi connectivity index (χ2v) is 11.1. The third-order valence-corrected chi connectivity index (χ3v) is 6.86. The summed E-state index contributed by atoms with van der Waals surface area (Å²) in [4.78, 5) is 31.1. The van der Waals surface area contributed by atoms with E-state index in [0.29, 0.717) is 92.1 Å². The summed E-state index contributed by atoms with van der Waals surface area (Å²) in [6.07, 6.45) is 17.3. The lowest BCUT2D eigenvalue weighted by Gasteiger charge is -2.08. The number of carbonyl (C=O) groups excluding carboxylic acids is 1. The highest BCUT2D eigenvalue weighted by Crippen LogP contribution is 2.12. The fraction of sp³-hybridized carbons (Fsp3) is 0.941. The zero-order chi connectivity index (χ0) is 33.4. The molecule has 0 bridgehead atoms. The lowest BCUT2D eigenvalue weighted by Crippen LogP contribution is -2.15. The monoisotopic (exact) mass is 666 g/mol. The highest BCUT2D eigenvalue weighted by Gasteiger charge is 2.05. The van der Waals surface area contributed by atoms with Gasteiger partial charge in [0.05, 0.1) is 85.9 Å². The van der Waals surface area contributed by atoms with E-state index in [2.05, 4.69) is 11.8 Å². The first-order valence-electron chi connectivity index (χ1n) is 17.7. The minimum atomic E-state index is -0.880. The fourth-order valence-electron chi connectivity index (χ4n) is 4.25. The largest absolute Gasteiger partial charge is 0.481 e. The molecule has 0 unspecified atom stereocenters. The minimum Gasteiger partial charge on any atom is -0.481 e. The number of carboxylic acid groups (broad SMARTS) is 1. The molecule has 0 amide bonds. The van der Waals surface area contributed by atoms with Crippen molar-refractivity contribution >= 4 is 11.9 Å². The molecule has 46 heavy (non-hydrogen) atoms. The molecule has 0 aliphatic carbocycles. The van der Waals surface area contributed by atoms with Crippen molar-refractivity contribution in [2.45, 2.75) is 110 Å². The maximum Gasteiger partial charge on any atom is 0.342 e. The SMILES string of the molecule is CCCCCCCCCCCCCCOCCOCCOCCOCCOCCOCCOCCOOC(=O)CCCCC(=O)O. The van der Waals surface area contributed by atoms with Gasteiger partial charge in [-0.25, -0.2) is 4.79 Å². The molecule has 12 heteroatoms. The van der Waals surface area contributed by atoms with Crippen LogP contribution >= 0.6 is 0 Å². The highest BCUT2D eigenvalue weighted by atomic mass is 17.2. The number of hydrogen-bond acceptors (Lipinski definition) is 11. The number of carboxylic acids is 1. The Balaban J connectivity index is 3.09. The Morgan fingerprint density at radius 2 is 0.717 bits per heavy atom. The Hall–Kier alpha value is -1.38. The van der Waals surface area contributed by atoms with Gasteiger partial charge in [-0.05, 0) is 19.3 Å². The van der Waals surface area contributed by atoms with Crippen LogP contribution < -0.4 is 0 Å². The van der Waals surface area contributed by atoms with Crippen LogP contribution in [0.25, 0.3) is 0 Å². The molecule has 0 saturated heterocycles. The van der Waals surface area contributed by atoms with E-state index < -0.39 is 11.9 Å². The van der Waals surface area contributed by atoms with Crippen LogP contribution in [0.15, 0.2) is 0 Å². The van der Waals surface area contributed by atoms with Gasteiger partial charge in [-0.2, -0.15) is 4.89 Å². The molecule has 0 fully saturated rings. The Kier molecular flexibility index (Phi) is 38.6. The van der Waals surface area contributed by atoms with E-state index in [9.17, 15) is 9.59 Å². The molecule has 0 radical (unpaired) electrons. The highest BCUT2D eigenvalue weighted by molar-refractivity contribution is 5.69. The summed E-state index contributed by atoms with van der Waals surface area (Å²) in [5.41, 5.74) is 0. The predicted molar refractivity (Wildman–Crippen MR) is 175 cm³/mol. The first kappa shape index (κ1) is 44.6. The molecule has 0 aromatic rings. The van der Waals surface area contributed by atoms with Crippen LogP contribution in [-0.2, 0) is 52.5 Å². The van der Waals surface area contributed by atoms with Gasteiger partial charge in [0.2, 0.25) is 0 Å². The molecule has 0 heterocycles. The van der Waals surface area contributed by atoms with Gasteiger partial charge in [0, 0.05) is 19.4 Å². The lowest BCUT2D eigenvalue weighted by molar-refractivity contribution is -0.276. The van der Waals surface area contributed by atoms with Gasteiger partial charge in [0.15, 0.2) is 0 Å². The van der Waals surface area contributed by atoms with Gasteiger partial charge >= 0.3 is 11.9 Å². The predicted octanol–water partition coefficient (Wildman–Crippen LogP) is 5.92. The quantitative estimate of drug-likeness (QED) is 0.0472. The topological polar surface area (TPSA) is 137 Å².